The Labute approximate surface area is 88.9 Å². The normalized spacial score (nSPS) is 51.8. The second-order valence-corrected chi connectivity index (χ2v) is 4.73. The molecule has 0 aliphatic carbocycles. The predicted octanol–water partition coefficient (Wildman–Crippen LogP) is -1.85. The fourth-order valence-corrected chi connectivity index (χ4v) is 2.90. The summed E-state index contributed by atoms with van der Waals surface area (Å²) in [5, 5.41) is 38.3. The Hall–Kier alpha value is -0.200. The predicted molar refractivity (Wildman–Crippen MR) is 53.2 cm³/mol. The molecule has 4 N–H and O–H groups in total. The molecule has 0 unspecified atom stereocenters. The monoisotopic (exact) mass is 217 g/mol. The molecule has 15 heavy (non-hydrogen) atoms. The molecule has 2 aliphatic rings. The molecule has 0 amide bonds. The number of hydrogen-bond acceptors (Lipinski definition) is 5. The van der Waals surface area contributed by atoms with Crippen molar-refractivity contribution < 1.29 is 20.4 Å². The molecule has 2 rings (SSSR count). The van der Waals surface area contributed by atoms with Crippen LogP contribution in [-0.2, 0) is 0 Å². The zero-order chi connectivity index (χ0) is 11.2. The Morgan fingerprint density at radius 3 is 2.47 bits per heavy atom. The zero-order valence-electron chi connectivity index (χ0n) is 8.82. The van der Waals surface area contributed by atoms with Gasteiger partial charge in [-0.1, -0.05) is 0 Å². The van der Waals surface area contributed by atoms with E-state index in [4.69, 9.17) is 5.11 Å². The van der Waals surface area contributed by atoms with Crippen LogP contribution in [-0.4, -0.2) is 68.9 Å². The van der Waals surface area contributed by atoms with Crippen molar-refractivity contribution in [3.8, 4) is 0 Å². The fraction of sp³-hybridized carbons (Fsp3) is 1.00. The molecule has 0 radical (unpaired) electrons. The second kappa shape index (κ2) is 3.99. The molecule has 2 aliphatic heterocycles. The summed E-state index contributed by atoms with van der Waals surface area (Å²) in [5.74, 6) is 0.0220. The maximum atomic E-state index is 9.86. The summed E-state index contributed by atoms with van der Waals surface area (Å²) in [6, 6.07) is -0.284. The molecule has 5 heteroatoms. The molecular formula is C10H19NO4. The lowest BCUT2D eigenvalue weighted by atomic mass is 9.85. The third-order valence-corrected chi connectivity index (χ3v) is 3.90. The van der Waals surface area contributed by atoms with Crippen molar-refractivity contribution >= 4 is 0 Å². The first kappa shape index (κ1) is 11.3. The Balaban J connectivity index is 2.18. The maximum Gasteiger partial charge on any atom is 0.0991 e. The van der Waals surface area contributed by atoms with E-state index in [0.29, 0.717) is 13.0 Å². The van der Waals surface area contributed by atoms with Crippen molar-refractivity contribution in [2.75, 3.05) is 13.2 Å². The van der Waals surface area contributed by atoms with Crippen LogP contribution in [0.1, 0.15) is 13.3 Å². The average molecular weight is 217 g/mol. The minimum absolute atomic E-state index is 0.0220. The molecule has 5 nitrogen and oxygen atoms in total. The molecule has 2 fully saturated rings. The van der Waals surface area contributed by atoms with Crippen LogP contribution in [0.4, 0.5) is 0 Å². The van der Waals surface area contributed by atoms with E-state index in [1.165, 1.54) is 0 Å². The van der Waals surface area contributed by atoms with E-state index in [0.717, 1.165) is 0 Å². The van der Waals surface area contributed by atoms with E-state index in [1.54, 1.807) is 0 Å². The number of piperidine rings is 1. The van der Waals surface area contributed by atoms with E-state index in [-0.39, 0.29) is 24.6 Å². The molecule has 2 heterocycles. The summed E-state index contributed by atoms with van der Waals surface area (Å²) in [5.41, 5.74) is 0. The largest absolute Gasteiger partial charge is 0.396 e. The van der Waals surface area contributed by atoms with Gasteiger partial charge in [0.25, 0.3) is 0 Å². The third-order valence-electron chi connectivity index (χ3n) is 3.90. The first-order valence-corrected chi connectivity index (χ1v) is 5.47. The molecule has 0 aromatic rings. The highest BCUT2D eigenvalue weighted by Crippen LogP contribution is 2.34. The third kappa shape index (κ3) is 1.68. The standard InChI is InChI=1S/C10H19NO4/c1-5-6(4-12)2-7(13)9-10(15)8(14)3-11(5)9/h5-10,12-15H,2-4H2,1H3/t5-,6+,7-,8-,9-,10-/m1/s1. The zero-order valence-corrected chi connectivity index (χ0v) is 8.82. The van der Waals surface area contributed by atoms with Crippen molar-refractivity contribution in [2.45, 2.75) is 43.7 Å². The number of hydrogen-bond donors (Lipinski definition) is 4. The van der Waals surface area contributed by atoms with Gasteiger partial charge in [-0.25, -0.2) is 0 Å². The highest BCUT2D eigenvalue weighted by molar-refractivity contribution is 5.03. The lowest BCUT2D eigenvalue weighted by molar-refractivity contribution is -0.0714. The molecular weight excluding hydrogens is 198 g/mol. The van der Waals surface area contributed by atoms with Crippen LogP contribution in [0.5, 0.6) is 0 Å². The van der Waals surface area contributed by atoms with Gasteiger partial charge in [0.2, 0.25) is 0 Å². The molecule has 0 aromatic carbocycles. The Kier molecular flexibility index (Phi) is 3.00. The summed E-state index contributed by atoms with van der Waals surface area (Å²) in [6.07, 6.45) is -1.83. The van der Waals surface area contributed by atoms with Gasteiger partial charge >= 0.3 is 0 Å². The minimum Gasteiger partial charge on any atom is -0.396 e. The SMILES string of the molecule is C[C@@H]1[C@H](CO)C[C@@H](O)[C@@H]2[C@H](O)[C@H](O)CN21. The number of aliphatic hydroxyl groups excluding tert-OH is 4. The van der Waals surface area contributed by atoms with Crippen LogP contribution >= 0.6 is 0 Å². The van der Waals surface area contributed by atoms with Crippen LogP contribution in [0.15, 0.2) is 0 Å². The van der Waals surface area contributed by atoms with Gasteiger partial charge < -0.3 is 20.4 Å². The number of aliphatic hydroxyl groups is 4. The van der Waals surface area contributed by atoms with Crippen LogP contribution in [0.2, 0.25) is 0 Å². The number of rotatable bonds is 1. The van der Waals surface area contributed by atoms with E-state index < -0.39 is 18.3 Å². The Morgan fingerprint density at radius 2 is 1.87 bits per heavy atom. The lowest BCUT2D eigenvalue weighted by Gasteiger charge is -2.43. The molecule has 88 valence electrons. The van der Waals surface area contributed by atoms with Crippen molar-refractivity contribution in [2.24, 2.45) is 5.92 Å². The van der Waals surface area contributed by atoms with Crippen LogP contribution < -0.4 is 0 Å². The molecule has 0 bridgehead atoms. The minimum atomic E-state index is -0.873. The van der Waals surface area contributed by atoms with E-state index in [1.807, 2.05) is 11.8 Å². The molecule has 2 saturated heterocycles. The number of nitrogens with zero attached hydrogens (tertiary/aromatic N) is 1. The van der Waals surface area contributed by atoms with Crippen LogP contribution in [0.3, 0.4) is 0 Å². The average Bonchev–Trinajstić information content (AvgIpc) is 2.50. The fourth-order valence-electron chi connectivity index (χ4n) is 2.90. The highest BCUT2D eigenvalue weighted by Gasteiger charge is 2.50. The van der Waals surface area contributed by atoms with Crippen molar-refractivity contribution in [3.05, 3.63) is 0 Å². The summed E-state index contributed by atoms with van der Waals surface area (Å²) < 4.78 is 0. The highest BCUT2D eigenvalue weighted by atomic mass is 16.3. The van der Waals surface area contributed by atoms with Gasteiger partial charge in [-0.15, -0.1) is 0 Å². The van der Waals surface area contributed by atoms with Gasteiger partial charge in [0.1, 0.15) is 0 Å². The summed E-state index contributed by atoms with van der Waals surface area (Å²) in [6.45, 7) is 2.37. The van der Waals surface area contributed by atoms with E-state index >= 15 is 0 Å². The second-order valence-electron chi connectivity index (χ2n) is 4.73. The van der Waals surface area contributed by atoms with E-state index in [9.17, 15) is 15.3 Å². The lowest BCUT2D eigenvalue weighted by Crippen LogP contribution is -2.56. The molecule has 6 atom stereocenters. The number of fused-ring (bicyclic) bond motifs is 1. The quantitative estimate of drug-likeness (QED) is 0.414. The molecule has 0 aromatic heterocycles. The van der Waals surface area contributed by atoms with Crippen molar-refractivity contribution in [1.29, 1.82) is 0 Å². The van der Waals surface area contributed by atoms with Gasteiger partial charge in [-0.05, 0) is 19.3 Å². The Bertz CT molecular complexity index is 237. The van der Waals surface area contributed by atoms with Gasteiger partial charge in [0.05, 0.1) is 24.4 Å². The summed E-state index contributed by atoms with van der Waals surface area (Å²) in [7, 11) is 0. The topological polar surface area (TPSA) is 84.2 Å². The Morgan fingerprint density at radius 1 is 1.20 bits per heavy atom. The summed E-state index contributed by atoms with van der Waals surface area (Å²) in [4.78, 5) is 1.91. The van der Waals surface area contributed by atoms with Crippen molar-refractivity contribution in [3.63, 3.8) is 0 Å². The summed E-state index contributed by atoms with van der Waals surface area (Å²) >= 11 is 0. The molecule has 0 saturated carbocycles. The van der Waals surface area contributed by atoms with Crippen molar-refractivity contribution in [1.82, 2.24) is 4.90 Å². The first-order chi connectivity index (χ1) is 7.06. The van der Waals surface area contributed by atoms with E-state index in [2.05, 4.69) is 0 Å². The smallest absolute Gasteiger partial charge is 0.0991 e. The molecule has 0 spiro atoms. The first-order valence-electron chi connectivity index (χ1n) is 5.47. The maximum absolute atomic E-state index is 9.86. The van der Waals surface area contributed by atoms with Crippen LogP contribution in [0, 0.1) is 5.92 Å². The van der Waals surface area contributed by atoms with Gasteiger partial charge in [-0.2, -0.15) is 0 Å². The van der Waals surface area contributed by atoms with Gasteiger partial charge in [0.15, 0.2) is 0 Å². The van der Waals surface area contributed by atoms with Crippen LogP contribution in [0.25, 0.3) is 0 Å². The van der Waals surface area contributed by atoms with Gasteiger partial charge in [-0.3, -0.25) is 4.90 Å². The van der Waals surface area contributed by atoms with Gasteiger partial charge in [0, 0.05) is 19.2 Å².